The standard InChI is InChI=1S/C18H25N5O/c1-14-11-16(23-13-20-12-21-23)3-4-17(14)18(24)22-9-6-15(7-10-22)5-8-19-2/h3-4,11-13,15,19H,5-10H2,1-2H3. The Morgan fingerprint density at radius 2 is 2.12 bits per heavy atom. The monoisotopic (exact) mass is 327 g/mol. The van der Waals surface area contributed by atoms with Crippen LogP contribution in [0.3, 0.4) is 0 Å². The fraction of sp³-hybridized carbons (Fsp3) is 0.500. The highest BCUT2D eigenvalue weighted by Gasteiger charge is 2.24. The van der Waals surface area contributed by atoms with Crippen molar-refractivity contribution in [1.82, 2.24) is 25.0 Å². The highest BCUT2D eigenvalue weighted by molar-refractivity contribution is 5.96. The van der Waals surface area contributed by atoms with Gasteiger partial charge in [0.05, 0.1) is 5.69 Å². The van der Waals surface area contributed by atoms with Crippen molar-refractivity contribution in [3.05, 3.63) is 42.0 Å². The van der Waals surface area contributed by atoms with Crippen molar-refractivity contribution in [3.8, 4) is 5.69 Å². The van der Waals surface area contributed by atoms with Crippen molar-refractivity contribution in [2.45, 2.75) is 26.2 Å². The maximum absolute atomic E-state index is 12.8. The van der Waals surface area contributed by atoms with Crippen LogP contribution in [0, 0.1) is 12.8 Å². The Labute approximate surface area is 142 Å². The molecule has 0 aliphatic carbocycles. The quantitative estimate of drug-likeness (QED) is 0.913. The highest BCUT2D eigenvalue weighted by Crippen LogP contribution is 2.23. The molecule has 6 nitrogen and oxygen atoms in total. The lowest BCUT2D eigenvalue weighted by atomic mass is 9.93. The minimum absolute atomic E-state index is 0.143. The molecule has 24 heavy (non-hydrogen) atoms. The van der Waals surface area contributed by atoms with Gasteiger partial charge in [-0.2, -0.15) is 5.10 Å². The van der Waals surface area contributed by atoms with Crippen LogP contribution in [0.15, 0.2) is 30.9 Å². The maximum atomic E-state index is 12.8. The van der Waals surface area contributed by atoms with Crippen LogP contribution in [0.4, 0.5) is 0 Å². The van der Waals surface area contributed by atoms with E-state index in [1.165, 1.54) is 12.7 Å². The van der Waals surface area contributed by atoms with E-state index in [0.717, 1.165) is 55.2 Å². The van der Waals surface area contributed by atoms with Gasteiger partial charge in [-0.05, 0) is 69.5 Å². The Bertz CT molecular complexity index is 675. The lowest BCUT2D eigenvalue weighted by Crippen LogP contribution is -2.39. The zero-order valence-corrected chi connectivity index (χ0v) is 14.4. The fourth-order valence-corrected chi connectivity index (χ4v) is 3.32. The number of aryl methyl sites for hydroxylation is 1. The van der Waals surface area contributed by atoms with Crippen molar-refractivity contribution in [1.29, 1.82) is 0 Å². The molecule has 0 atom stereocenters. The van der Waals surface area contributed by atoms with Crippen molar-refractivity contribution in [2.24, 2.45) is 5.92 Å². The number of nitrogens with one attached hydrogen (secondary N) is 1. The summed E-state index contributed by atoms with van der Waals surface area (Å²) in [6.07, 6.45) is 6.57. The summed E-state index contributed by atoms with van der Waals surface area (Å²) in [6, 6.07) is 5.82. The Balaban J connectivity index is 1.65. The molecule has 1 amide bonds. The lowest BCUT2D eigenvalue weighted by molar-refractivity contribution is 0.0686. The van der Waals surface area contributed by atoms with Crippen LogP contribution in [-0.2, 0) is 0 Å². The number of amides is 1. The minimum Gasteiger partial charge on any atom is -0.339 e. The molecule has 1 fully saturated rings. The first-order valence-electron chi connectivity index (χ1n) is 8.58. The highest BCUT2D eigenvalue weighted by atomic mass is 16.2. The molecule has 1 aliphatic rings. The number of piperidine rings is 1. The largest absolute Gasteiger partial charge is 0.339 e. The van der Waals surface area contributed by atoms with E-state index in [1.807, 2.05) is 37.1 Å². The van der Waals surface area contributed by atoms with Crippen molar-refractivity contribution in [3.63, 3.8) is 0 Å². The molecule has 1 aromatic carbocycles. The molecule has 1 N–H and O–H groups in total. The van der Waals surface area contributed by atoms with E-state index in [4.69, 9.17) is 0 Å². The summed E-state index contributed by atoms with van der Waals surface area (Å²) in [7, 11) is 1.99. The summed E-state index contributed by atoms with van der Waals surface area (Å²) >= 11 is 0. The van der Waals surface area contributed by atoms with Crippen LogP contribution in [0.5, 0.6) is 0 Å². The number of carbonyl (C=O) groups excluding carboxylic acids is 1. The molecule has 3 rings (SSSR count). The predicted molar refractivity (Wildman–Crippen MR) is 93.3 cm³/mol. The van der Waals surface area contributed by atoms with E-state index in [9.17, 15) is 4.79 Å². The smallest absolute Gasteiger partial charge is 0.254 e. The van der Waals surface area contributed by atoms with Crippen LogP contribution < -0.4 is 5.32 Å². The molecule has 6 heteroatoms. The number of hydrogen-bond donors (Lipinski definition) is 1. The molecule has 2 heterocycles. The average Bonchev–Trinajstić information content (AvgIpc) is 3.14. The molecular weight excluding hydrogens is 302 g/mol. The number of aromatic nitrogens is 3. The number of likely N-dealkylation sites (tertiary alicyclic amines) is 1. The van der Waals surface area contributed by atoms with Crippen LogP contribution in [0.25, 0.3) is 5.69 Å². The summed E-state index contributed by atoms with van der Waals surface area (Å²) in [5, 5.41) is 7.34. The second-order valence-corrected chi connectivity index (χ2v) is 6.47. The summed E-state index contributed by atoms with van der Waals surface area (Å²) in [5.41, 5.74) is 2.69. The van der Waals surface area contributed by atoms with Crippen LogP contribution >= 0.6 is 0 Å². The van der Waals surface area contributed by atoms with Gasteiger partial charge in [0.25, 0.3) is 5.91 Å². The Kier molecular flexibility index (Phi) is 5.25. The maximum Gasteiger partial charge on any atom is 0.254 e. The molecule has 128 valence electrons. The predicted octanol–water partition coefficient (Wildman–Crippen LogP) is 2.04. The zero-order chi connectivity index (χ0) is 16.9. The minimum atomic E-state index is 0.143. The van der Waals surface area contributed by atoms with E-state index in [0.29, 0.717) is 0 Å². The first-order chi connectivity index (χ1) is 11.7. The van der Waals surface area contributed by atoms with E-state index in [2.05, 4.69) is 15.4 Å². The van der Waals surface area contributed by atoms with Gasteiger partial charge in [-0.1, -0.05) is 0 Å². The van der Waals surface area contributed by atoms with Crippen LogP contribution in [0.1, 0.15) is 35.2 Å². The van der Waals surface area contributed by atoms with E-state index in [-0.39, 0.29) is 5.91 Å². The molecular formula is C18H25N5O. The molecule has 0 unspecified atom stereocenters. The van der Waals surface area contributed by atoms with E-state index in [1.54, 1.807) is 11.0 Å². The number of benzene rings is 1. The van der Waals surface area contributed by atoms with Crippen molar-refractivity contribution < 1.29 is 4.79 Å². The molecule has 1 aromatic heterocycles. The normalized spacial score (nSPS) is 15.7. The average molecular weight is 327 g/mol. The van der Waals surface area contributed by atoms with Gasteiger partial charge < -0.3 is 10.2 Å². The van der Waals surface area contributed by atoms with Gasteiger partial charge in [0, 0.05) is 18.7 Å². The Morgan fingerprint density at radius 1 is 1.33 bits per heavy atom. The number of hydrogen-bond acceptors (Lipinski definition) is 4. The Morgan fingerprint density at radius 3 is 2.75 bits per heavy atom. The third-order valence-corrected chi connectivity index (χ3v) is 4.83. The van der Waals surface area contributed by atoms with Gasteiger partial charge >= 0.3 is 0 Å². The van der Waals surface area contributed by atoms with Gasteiger partial charge in [0.2, 0.25) is 0 Å². The second kappa shape index (κ2) is 7.57. The number of carbonyl (C=O) groups is 1. The first-order valence-corrected chi connectivity index (χ1v) is 8.58. The molecule has 1 saturated heterocycles. The van der Waals surface area contributed by atoms with Gasteiger partial charge in [0.15, 0.2) is 0 Å². The number of rotatable bonds is 5. The van der Waals surface area contributed by atoms with E-state index >= 15 is 0 Å². The molecule has 0 spiro atoms. The van der Waals surface area contributed by atoms with Crippen molar-refractivity contribution >= 4 is 5.91 Å². The summed E-state index contributed by atoms with van der Waals surface area (Å²) < 4.78 is 1.70. The van der Waals surface area contributed by atoms with Gasteiger partial charge in [-0.25, -0.2) is 9.67 Å². The third kappa shape index (κ3) is 3.64. The van der Waals surface area contributed by atoms with Gasteiger partial charge in [-0.15, -0.1) is 0 Å². The number of nitrogens with zero attached hydrogens (tertiary/aromatic N) is 4. The third-order valence-electron chi connectivity index (χ3n) is 4.83. The zero-order valence-electron chi connectivity index (χ0n) is 14.4. The molecule has 0 saturated carbocycles. The molecule has 2 aromatic rings. The van der Waals surface area contributed by atoms with Crippen molar-refractivity contribution in [2.75, 3.05) is 26.7 Å². The summed E-state index contributed by atoms with van der Waals surface area (Å²) in [4.78, 5) is 18.8. The van der Waals surface area contributed by atoms with Crippen LogP contribution in [-0.4, -0.2) is 52.3 Å². The van der Waals surface area contributed by atoms with Crippen LogP contribution in [0.2, 0.25) is 0 Å². The molecule has 0 radical (unpaired) electrons. The fourth-order valence-electron chi connectivity index (χ4n) is 3.32. The first kappa shape index (κ1) is 16.6. The molecule has 0 bridgehead atoms. The summed E-state index contributed by atoms with van der Waals surface area (Å²) in [6.45, 7) is 4.75. The van der Waals surface area contributed by atoms with E-state index < -0.39 is 0 Å². The second-order valence-electron chi connectivity index (χ2n) is 6.47. The summed E-state index contributed by atoms with van der Waals surface area (Å²) in [5.74, 6) is 0.877. The van der Waals surface area contributed by atoms with Gasteiger partial charge in [0.1, 0.15) is 12.7 Å². The lowest BCUT2D eigenvalue weighted by Gasteiger charge is -2.32. The Hall–Kier alpha value is -2.21. The topological polar surface area (TPSA) is 63.1 Å². The SMILES string of the molecule is CNCCC1CCN(C(=O)c2ccc(-n3cncn3)cc2C)CC1. The molecule has 1 aliphatic heterocycles. The van der Waals surface area contributed by atoms with Gasteiger partial charge in [-0.3, -0.25) is 4.79 Å².